The molecular weight excluding hydrogens is 288 g/mol. The van der Waals surface area contributed by atoms with Gasteiger partial charge in [-0.05, 0) is 25.1 Å². The van der Waals surface area contributed by atoms with Crippen LogP contribution in [0.15, 0.2) is 22.7 Å². The number of hydrogen-bond acceptors (Lipinski definition) is 4. The number of amides is 1. The topological polar surface area (TPSA) is 81.4 Å². The van der Waals surface area contributed by atoms with Gasteiger partial charge in [-0.25, -0.2) is 0 Å². The molecule has 0 atom stereocenters. The molecule has 1 amide bonds. The maximum Gasteiger partial charge on any atom is 0.325 e. The van der Waals surface area contributed by atoms with E-state index in [4.69, 9.17) is 5.73 Å². The highest BCUT2D eigenvalue weighted by Gasteiger charge is 2.11. The minimum Gasteiger partial charge on any atom is -0.465 e. The van der Waals surface area contributed by atoms with Gasteiger partial charge in [0.2, 0.25) is 0 Å². The molecule has 0 spiro atoms. The monoisotopic (exact) mass is 300 g/mol. The van der Waals surface area contributed by atoms with E-state index in [9.17, 15) is 9.59 Å². The van der Waals surface area contributed by atoms with E-state index < -0.39 is 11.9 Å². The molecule has 1 rings (SSSR count). The van der Waals surface area contributed by atoms with E-state index in [1.807, 2.05) is 0 Å². The predicted molar refractivity (Wildman–Crippen MR) is 67.5 cm³/mol. The highest BCUT2D eigenvalue weighted by Crippen LogP contribution is 2.18. The molecule has 5 nitrogen and oxygen atoms in total. The lowest BCUT2D eigenvalue weighted by atomic mass is 10.1. The van der Waals surface area contributed by atoms with Crippen molar-refractivity contribution in [3.63, 3.8) is 0 Å². The first-order valence-electron chi connectivity index (χ1n) is 5.03. The van der Waals surface area contributed by atoms with Crippen LogP contribution in [0, 0.1) is 0 Å². The normalized spacial score (nSPS) is 9.76. The Labute approximate surface area is 107 Å². The van der Waals surface area contributed by atoms with E-state index in [2.05, 4.69) is 26.0 Å². The summed E-state index contributed by atoms with van der Waals surface area (Å²) < 4.78 is 5.43. The molecule has 0 unspecified atom stereocenters. The Hall–Kier alpha value is -1.56. The molecule has 0 radical (unpaired) electrons. The number of nitrogens with one attached hydrogen (secondary N) is 1. The number of esters is 1. The van der Waals surface area contributed by atoms with E-state index >= 15 is 0 Å². The van der Waals surface area contributed by atoms with Crippen LogP contribution in [0.2, 0.25) is 0 Å². The van der Waals surface area contributed by atoms with E-state index in [0.29, 0.717) is 11.3 Å². The Balaban J connectivity index is 2.64. The van der Waals surface area contributed by atoms with Crippen molar-refractivity contribution in [2.75, 3.05) is 18.9 Å². The number of anilines is 1. The lowest BCUT2D eigenvalue weighted by Gasteiger charge is -2.07. The number of rotatable bonds is 4. The van der Waals surface area contributed by atoms with Crippen LogP contribution in [0.1, 0.15) is 17.3 Å². The number of nitrogens with two attached hydrogens (primary N) is 1. The third-order valence-electron chi connectivity index (χ3n) is 1.96. The van der Waals surface area contributed by atoms with Crippen molar-refractivity contribution in [1.82, 2.24) is 5.32 Å². The molecule has 0 aliphatic carbocycles. The van der Waals surface area contributed by atoms with Gasteiger partial charge in [0.15, 0.2) is 0 Å². The van der Waals surface area contributed by atoms with Gasteiger partial charge in [0.05, 0.1) is 12.2 Å². The van der Waals surface area contributed by atoms with Crippen LogP contribution >= 0.6 is 15.9 Å². The summed E-state index contributed by atoms with van der Waals surface area (Å²) in [6, 6.07) is 4.94. The van der Waals surface area contributed by atoms with E-state index in [0.717, 1.165) is 4.47 Å². The second-order valence-corrected chi connectivity index (χ2v) is 4.13. The fraction of sp³-hybridized carbons (Fsp3) is 0.273. The smallest absolute Gasteiger partial charge is 0.325 e. The zero-order chi connectivity index (χ0) is 12.8. The highest BCUT2D eigenvalue weighted by atomic mass is 79.9. The maximum absolute atomic E-state index is 11.7. The van der Waals surface area contributed by atoms with Crippen molar-refractivity contribution < 1.29 is 14.3 Å². The molecule has 0 saturated heterocycles. The number of benzene rings is 1. The molecule has 0 heterocycles. The van der Waals surface area contributed by atoms with E-state index in [1.54, 1.807) is 25.1 Å². The number of halogens is 1. The number of ether oxygens (including phenoxy) is 1. The second kappa shape index (κ2) is 6.24. The summed E-state index contributed by atoms with van der Waals surface area (Å²) in [5.74, 6) is -0.883. The average molecular weight is 301 g/mol. The van der Waals surface area contributed by atoms with E-state index in [-0.39, 0.29) is 13.2 Å². The molecule has 1 aromatic rings. The number of carbonyl (C=O) groups excluding carboxylic acids is 2. The van der Waals surface area contributed by atoms with Crippen LogP contribution in [0.4, 0.5) is 5.69 Å². The molecule has 3 N–H and O–H groups in total. The van der Waals surface area contributed by atoms with Gasteiger partial charge >= 0.3 is 5.97 Å². The lowest BCUT2D eigenvalue weighted by molar-refractivity contribution is -0.141. The molecule has 92 valence electrons. The van der Waals surface area contributed by atoms with Gasteiger partial charge in [0.1, 0.15) is 6.54 Å². The quantitative estimate of drug-likeness (QED) is 0.649. The maximum atomic E-state index is 11.7. The molecule has 17 heavy (non-hydrogen) atoms. The van der Waals surface area contributed by atoms with Crippen LogP contribution in [0.5, 0.6) is 0 Å². The van der Waals surface area contributed by atoms with Gasteiger partial charge in [0.25, 0.3) is 5.91 Å². The summed E-state index contributed by atoms with van der Waals surface area (Å²) in [5.41, 5.74) is 6.34. The first-order chi connectivity index (χ1) is 8.04. The molecule has 0 aromatic heterocycles. The standard InChI is InChI=1S/C11H13BrN2O3/c1-2-17-10(15)6-14-11(16)8-5-7(12)3-4-9(8)13/h3-5H,2,6,13H2,1H3,(H,14,16). The van der Waals surface area contributed by atoms with Crippen molar-refractivity contribution in [2.24, 2.45) is 0 Å². The predicted octanol–water partition coefficient (Wildman–Crippen LogP) is 1.32. The van der Waals surface area contributed by atoms with Crippen LogP contribution < -0.4 is 11.1 Å². The Kier molecular flexibility index (Phi) is 4.96. The van der Waals surface area contributed by atoms with Crippen molar-refractivity contribution in [2.45, 2.75) is 6.92 Å². The SMILES string of the molecule is CCOC(=O)CNC(=O)c1cc(Br)ccc1N. The lowest BCUT2D eigenvalue weighted by Crippen LogP contribution is -2.31. The molecule has 0 fully saturated rings. The Morgan fingerprint density at radius 2 is 2.18 bits per heavy atom. The fourth-order valence-corrected chi connectivity index (χ4v) is 1.55. The van der Waals surface area contributed by atoms with Gasteiger partial charge < -0.3 is 15.8 Å². The largest absolute Gasteiger partial charge is 0.465 e. The second-order valence-electron chi connectivity index (χ2n) is 3.22. The molecule has 1 aromatic carbocycles. The summed E-state index contributed by atoms with van der Waals surface area (Å²) in [4.78, 5) is 22.8. The molecule has 0 aliphatic heterocycles. The van der Waals surface area contributed by atoms with Crippen molar-refractivity contribution in [1.29, 1.82) is 0 Å². The van der Waals surface area contributed by atoms with Crippen LogP contribution in [0.25, 0.3) is 0 Å². The number of hydrogen-bond donors (Lipinski definition) is 2. The van der Waals surface area contributed by atoms with Gasteiger partial charge in [-0.2, -0.15) is 0 Å². The van der Waals surface area contributed by atoms with Crippen molar-refractivity contribution >= 4 is 33.5 Å². The molecule has 0 bridgehead atoms. The summed E-state index contributed by atoms with van der Waals surface area (Å²) in [5, 5.41) is 2.44. The van der Waals surface area contributed by atoms with Crippen molar-refractivity contribution in [3.8, 4) is 0 Å². The third-order valence-corrected chi connectivity index (χ3v) is 2.45. The Morgan fingerprint density at radius 1 is 1.47 bits per heavy atom. The highest BCUT2D eigenvalue weighted by molar-refractivity contribution is 9.10. The van der Waals surface area contributed by atoms with Gasteiger partial charge in [-0.15, -0.1) is 0 Å². The molecule has 0 aliphatic rings. The fourth-order valence-electron chi connectivity index (χ4n) is 1.18. The molecule has 0 saturated carbocycles. The molecule has 6 heteroatoms. The van der Waals surface area contributed by atoms with Crippen LogP contribution in [-0.2, 0) is 9.53 Å². The minimum atomic E-state index is -0.477. The van der Waals surface area contributed by atoms with E-state index in [1.165, 1.54) is 0 Å². The Morgan fingerprint density at radius 3 is 2.82 bits per heavy atom. The summed E-state index contributed by atoms with van der Waals surface area (Å²) in [6.45, 7) is 1.82. The zero-order valence-electron chi connectivity index (χ0n) is 9.33. The zero-order valence-corrected chi connectivity index (χ0v) is 10.9. The molecular formula is C11H13BrN2O3. The Bertz CT molecular complexity index is 435. The van der Waals surface area contributed by atoms with Crippen LogP contribution in [-0.4, -0.2) is 25.0 Å². The van der Waals surface area contributed by atoms with Gasteiger partial charge in [0, 0.05) is 10.2 Å². The van der Waals surface area contributed by atoms with Gasteiger partial charge in [-0.1, -0.05) is 15.9 Å². The van der Waals surface area contributed by atoms with Gasteiger partial charge in [-0.3, -0.25) is 9.59 Å². The van der Waals surface area contributed by atoms with Crippen LogP contribution in [0.3, 0.4) is 0 Å². The number of carbonyl (C=O) groups is 2. The first kappa shape index (κ1) is 13.5. The number of nitrogen functional groups attached to an aromatic ring is 1. The first-order valence-corrected chi connectivity index (χ1v) is 5.82. The third kappa shape index (κ3) is 4.07. The summed E-state index contributed by atoms with van der Waals surface area (Å²) >= 11 is 3.24. The van der Waals surface area contributed by atoms with Crippen molar-refractivity contribution in [3.05, 3.63) is 28.2 Å². The average Bonchev–Trinajstić information content (AvgIpc) is 2.29. The summed E-state index contributed by atoms with van der Waals surface area (Å²) in [6.07, 6.45) is 0. The summed E-state index contributed by atoms with van der Waals surface area (Å²) in [7, 11) is 0. The minimum absolute atomic E-state index is 0.168.